The summed E-state index contributed by atoms with van der Waals surface area (Å²) in [6.07, 6.45) is 4.34. The fraction of sp³-hybridized carbons (Fsp3) is 0.478. The molecule has 0 bridgehead atoms. The molecule has 0 saturated carbocycles. The summed E-state index contributed by atoms with van der Waals surface area (Å²) in [6.45, 7) is 9.13. The number of carbonyl (C=O) groups is 1. The standard InChI is InChI=1S/C20H24N6O.C2H6.CH3NO/c1-2-4-15(5-3-1)18-17-14-22-26(16-6-8-21-9-7-16)19(17)24-20(23-18)25-10-12-27-13-11-25;1-2;2-1-3/h1-5,14,16,21H,6-13H2;1-2H3;1H,(H2,2,3). The van der Waals surface area contributed by atoms with Gasteiger partial charge < -0.3 is 20.7 Å². The Morgan fingerprint density at radius 1 is 1.09 bits per heavy atom. The summed E-state index contributed by atoms with van der Waals surface area (Å²) < 4.78 is 7.63. The fourth-order valence-electron chi connectivity index (χ4n) is 3.95. The highest BCUT2D eigenvalue weighted by Crippen LogP contribution is 2.31. The van der Waals surface area contributed by atoms with Crippen molar-refractivity contribution < 1.29 is 9.53 Å². The van der Waals surface area contributed by atoms with Gasteiger partial charge in [-0.3, -0.25) is 4.79 Å². The smallest absolute Gasteiger partial charge is 0.228 e. The summed E-state index contributed by atoms with van der Waals surface area (Å²) in [5.41, 5.74) is 7.17. The molecule has 4 heterocycles. The van der Waals surface area contributed by atoms with Gasteiger partial charge >= 0.3 is 0 Å². The minimum atomic E-state index is 0.250. The van der Waals surface area contributed by atoms with E-state index in [0.717, 1.165) is 80.5 Å². The van der Waals surface area contributed by atoms with Gasteiger partial charge in [0, 0.05) is 18.7 Å². The van der Waals surface area contributed by atoms with Gasteiger partial charge in [0.2, 0.25) is 12.4 Å². The van der Waals surface area contributed by atoms with Crippen LogP contribution in [0.15, 0.2) is 36.5 Å². The first-order valence-electron chi connectivity index (χ1n) is 11.3. The van der Waals surface area contributed by atoms with Crippen LogP contribution in [0.2, 0.25) is 0 Å². The van der Waals surface area contributed by atoms with Crippen LogP contribution in [0.3, 0.4) is 0 Å². The number of aromatic nitrogens is 4. The second kappa shape index (κ2) is 12.1. The van der Waals surface area contributed by atoms with Crippen molar-refractivity contribution in [3.8, 4) is 11.3 Å². The minimum Gasteiger partial charge on any atom is -0.378 e. The van der Waals surface area contributed by atoms with E-state index in [0.29, 0.717) is 6.04 Å². The molecule has 1 aromatic carbocycles. The van der Waals surface area contributed by atoms with Crippen molar-refractivity contribution in [2.75, 3.05) is 44.3 Å². The number of nitrogens with one attached hydrogen (secondary N) is 1. The number of piperidine rings is 1. The molecule has 1 amide bonds. The maximum Gasteiger partial charge on any atom is 0.228 e. The number of hydrogen-bond donors (Lipinski definition) is 2. The average Bonchev–Trinajstić information content (AvgIpc) is 3.31. The van der Waals surface area contributed by atoms with E-state index in [1.54, 1.807) is 0 Å². The second-order valence-electron chi connectivity index (χ2n) is 7.28. The number of morpholine rings is 1. The van der Waals surface area contributed by atoms with E-state index >= 15 is 0 Å². The lowest BCUT2D eigenvalue weighted by molar-refractivity contribution is -0.106. The highest BCUT2D eigenvalue weighted by Gasteiger charge is 2.23. The normalized spacial score (nSPS) is 16.5. The summed E-state index contributed by atoms with van der Waals surface area (Å²) >= 11 is 0. The molecule has 2 fully saturated rings. The van der Waals surface area contributed by atoms with Crippen LogP contribution in [0, 0.1) is 0 Å². The number of rotatable bonds is 3. The summed E-state index contributed by atoms with van der Waals surface area (Å²) in [6, 6.07) is 10.7. The summed E-state index contributed by atoms with van der Waals surface area (Å²) in [7, 11) is 0. The molecule has 2 aromatic heterocycles. The number of fused-ring (bicyclic) bond motifs is 1. The van der Waals surface area contributed by atoms with E-state index in [1.165, 1.54) is 0 Å². The lowest BCUT2D eigenvalue weighted by Gasteiger charge is -2.27. The lowest BCUT2D eigenvalue weighted by Crippen LogP contribution is -2.37. The molecule has 2 aliphatic rings. The van der Waals surface area contributed by atoms with Crippen LogP contribution in [-0.4, -0.2) is 65.6 Å². The van der Waals surface area contributed by atoms with Crippen molar-refractivity contribution in [2.45, 2.75) is 32.7 Å². The number of carbonyl (C=O) groups excluding carboxylic acids is 1. The molecule has 172 valence electrons. The Kier molecular flexibility index (Phi) is 8.94. The molecule has 0 atom stereocenters. The molecular formula is C23H33N7O2. The van der Waals surface area contributed by atoms with Crippen molar-refractivity contribution in [1.29, 1.82) is 0 Å². The Hall–Kier alpha value is -3.04. The predicted octanol–water partition coefficient (Wildman–Crippen LogP) is 2.38. The minimum absolute atomic E-state index is 0.250. The molecular weight excluding hydrogens is 406 g/mol. The number of primary amides is 1. The predicted molar refractivity (Wildman–Crippen MR) is 127 cm³/mol. The molecule has 0 unspecified atom stereocenters. The van der Waals surface area contributed by atoms with Crippen molar-refractivity contribution in [2.24, 2.45) is 5.73 Å². The maximum atomic E-state index is 8.58. The number of amides is 1. The van der Waals surface area contributed by atoms with Crippen molar-refractivity contribution in [3.05, 3.63) is 36.5 Å². The monoisotopic (exact) mass is 439 g/mol. The van der Waals surface area contributed by atoms with Gasteiger partial charge in [0.1, 0.15) is 0 Å². The van der Waals surface area contributed by atoms with Crippen LogP contribution in [0.4, 0.5) is 5.95 Å². The first-order valence-corrected chi connectivity index (χ1v) is 11.3. The van der Waals surface area contributed by atoms with Crippen molar-refractivity contribution in [3.63, 3.8) is 0 Å². The van der Waals surface area contributed by atoms with Crippen molar-refractivity contribution >= 4 is 23.4 Å². The molecule has 0 aliphatic carbocycles. The Morgan fingerprint density at radius 3 is 2.41 bits per heavy atom. The molecule has 0 spiro atoms. The second-order valence-corrected chi connectivity index (χ2v) is 7.28. The highest BCUT2D eigenvalue weighted by atomic mass is 16.5. The van der Waals surface area contributed by atoms with Crippen LogP contribution in [0.25, 0.3) is 22.3 Å². The number of benzene rings is 1. The van der Waals surface area contributed by atoms with Gasteiger partial charge in [0.15, 0.2) is 5.65 Å². The van der Waals surface area contributed by atoms with Crippen molar-refractivity contribution in [1.82, 2.24) is 25.1 Å². The molecule has 9 nitrogen and oxygen atoms in total. The number of ether oxygens (including phenoxy) is 1. The van der Waals surface area contributed by atoms with Crippen LogP contribution < -0.4 is 16.0 Å². The molecule has 32 heavy (non-hydrogen) atoms. The Balaban J connectivity index is 0.000000536. The lowest BCUT2D eigenvalue weighted by atomic mass is 10.1. The van der Waals surface area contributed by atoms with Gasteiger partial charge in [-0.2, -0.15) is 10.1 Å². The zero-order chi connectivity index (χ0) is 22.8. The van der Waals surface area contributed by atoms with E-state index in [4.69, 9.17) is 24.6 Å². The van der Waals surface area contributed by atoms with Gasteiger partial charge in [-0.15, -0.1) is 0 Å². The molecule has 3 aromatic rings. The van der Waals surface area contributed by atoms with Crippen LogP contribution in [0.5, 0.6) is 0 Å². The number of nitrogens with zero attached hydrogens (tertiary/aromatic N) is 5. The molecule has 3 N–H and O–H groups in total. The average molecular weight is 440 g/mol. The molecule has 9 heteroatoms. The van der Waals surface area contributed by atoms with Gasteiger partial charge in [0.05, 0.1) is 36.5 Å². The summed E-state index contributed by atoms with van der Waals surface area (Å²) in [5, 5.41) is 9.19. The van der Waals surface area contributed by atoms with Gasteiger partial charge in [-0.25, -0.2) is 9.67 Å². The van der Waals surface area contributed by atoms with Crippen LogP contribution >= 0.6 is 0 Å². The van der Waals surface area contributed by atoms with E-state index in [2.05, 4.69) is 44.9 Å². The SMILES string of the molecule is CC.NC=O.c1ccc(-c2nc(N3CCOCC3)nc3c2cnn3C2CCNCC2)cc1. The first-order chi connectivity index (χ1) is 15.8. The molecule has 0 radical (unpaired) electrons. The zero-order valence-electron chi connectivity index (χ0n) is 18.9. The Bertz CT molecular complexity index is 965. The summed E-state index contributed by atoms with van der Waals surface area (Å²) in [5.74, 6) is 0.778. The molecule has 2 aliphatic heterocycles. The fourth-order valence-corrected chi connectivity index (χ4v) is 3.95. The number of anilines is 1. The molecule has 2 saturated heterocycles. The largest absolute Gasteiger partial charge is 0.378 e. The Morgan fingerprint density at radius 2 is 1.75 bits per heavy atom. The van der Waals surface area contributed by atoms with Crippen LogP contribution in [-0.2, 0) is 9.53 Å². The van der Waals surface area contributed by atoms with Gasteiger partial charge in [0.25, 0.3) is 0 Å². The Labute approximate surface area is 189 Å². The number of nitrogens with two attached hydrogens (primary N) is 1. The van der Waals surface area contributed by atoms with E-state index in [-0.39, 0.29) is 6.41 Å². The van der Waals surface area contributed by atoms with Crippen LogP contribution in [0.1, 0.15) is 32.7 Å². The topological polar surface area (TPSA) is 111 Å². The van der Waals surface area contributed by atoms with Gasteiger partial charge in [-0.05, 0) is 25.9 Å². The quantitative estimate of drug-likeness (QED) is 0.603. The number of hydrogen-bond acceptors (Lipinski definition) is 7. The maximum absolute atomic E-state index is 8.58. The zero-order valence-corrected chi connectivity index (χ0v) is 18.9. The van der Waals surface area contributed by atoms with E-state index in [9.17, 15) is 0 Å². The third-order valence-corrected chi connectivity index (χ3v) is 5.44. The molecule has 5 rings (SSSR count). The van der Waals surface area contributed by atoms with E-state index in [1.807, 2.05) is 26.1 Å². The third-order valence-electron chi connectivity index (χ3n) is 5.44. The summed E-state index contributed by atoms with van der Waals surface area (Å²) in [4.78, 5) is 20.7. The van der Waals surface area contributed by atoms with E-state index < -0.39 is 0 Å². The van der Waals surface area contributed by atoms with Gasteiger partial charge in [-0.1, -0.05) is 44.2 Å². The first kappa shape index (κ1) is 23.6. The third kappa shape index (κ3) is 5.41. The highest BCUT2D eigenvalue weighted by molar-refractivity contribution is 5.91.